The number of amides is 3. The van der Waals surface area contributed by atoms with Gasteiger partial charge in [0.1, 0.15) is 0 Å². The monoisotopic (exact) mass is 420 g/mol. The van der Waals surface area contributed by atoms with Gasteiger partial charge < -0.3 is 20.4 Å². The van der Waals surface area contributed by atoms with Crippen LogP contribution in [-0.2, 0) is 17.5 Å². The third-order valence-corrected chi connectivity index (χ3v) is 4.87. The molecule has 30 heavy (non-hydrogen) atoms. The first-order valence-corrected chi connectivity index (χ1v) is 9.58. The lowest BCUT2D eigenvalue weighted by Crippen LogP contribution is -2.52. The Morgan fingerprint density at radius 2 is 1.60 bits per heavy atom. The number of hydrogen-bond donors (Lipinski definition) is 2. The molecule has 1 aliphatic rings. The fourth-order valence-corrected chi connectivity index (χ4v) is 3.20. The van der Waals surface area contributed by atoms with E-state index in [0.29, 0.717) is 38.4 Å². The molecule has 0 spiro atoms. The molecule has 160 valence electrons. The van der Waals surface area contributed by atoms with Crippen LogP contribution in [0.2, 0.25) is 0 Å². The zero-order valence-corrected chi connectivity index (χ0v) is 16.3. The van der Waals surface area contributed by atoms with Gasteiger partial charge in [-0.1, -0.05) is 36.4 Å². The van der Waals surface area contributed by atoms with E-state index in [9.17, 15) is 22.8 Å². The first-order valence-electron chi connectivity index (χ1n) is 9.58. The standard InChI is InChI=1S/C21H23F3N4O2/c22-21(23,24)17-7-4-8-18(13-17)27-9-11-28(12-10-27)19(29)15-26-20(30)25-14-16-5-2-1-3-6-16/h1-8,13H,9-12,14-15H2,(H2,25,26,30). The highest BCUT2D eigenvalue weighted by Gasteiger charge is 2.31. The van der Waals surface area contributed by atoms with Gasteiger partial charge in [0, 0.05) is 38.4 Å². The number of alkyl halides is 3. The van der Waals surface area contributed by atoms with E-state index in [1.54, 1.807) is 11.0 Å². The number of urea groups is 1. The molecule has 1 heterocycles. The molecule has 2 aromatic rings. The molecule has 3 rings (SSSR count). The number of benzene rings is 2. The minimum atomic E-state index is -4.39. The van der Waals surface area contributed by atoms with Crippen LogP contribution in [0.4, 0.5) is 23.7 Å². The van der Waals surface area contributed by atoms with Crippen molar-refractivity contribution < 1.29 is 22.8 Å². The number of nitrogens with one attached hydrogen (secondary N) is 2. The van der Waals surface area contributed by atoms with Gasteiger partial charge in [-0.15, -0.1) is 0 Å². The predicted molar refractivity (Wildman–Crippen MR) is 107 cm³/mol. The molecule has 0 bridgehead atoms. The molecule has 0 saturated carbocycles. The third kappa shape index (κ3) is 5.88. The number of rotatable bonds is 5. The first-order chi connectivity index (χ1) is 14.3. The molecule has 3 amide bonds. The fourth-order valence-electron chi connectivity index (χ4n) is 3.20. The van der Waals surface area contributed by atoms with Gasteiger partial charge in [-0.3, -0.25) is 4.79 Å². The SMILES string of the molecule is O=C(NCC(=O)N1CCN(c2cccc(C(F)(F)F)c2)CC1)NCc1ccccc1. The molecule has 9 heteroatoms. The van der Waals surface area contributed by atoms with Gasteiger partial charge in [-0.2, -0.15) is 13.2 Å². The zero-order valence-electron chi connectivity index (χ0n) is 16.3. The number of carbonyl (C=O) groups is 2. The minimum absolute atomic E-state index is 0.135. The number of hydrogen-bond acceptors (Lipinski definition) is 3. The second-order valence-corrected chi connectivity index (χ2v) is 6.94. The van der Waals surface area contributed by atoms with E-state index in [2.05, 4.69) is 10.6 Å². The van der Waals surface area contributed by atoms with Crippen molar-refractivity contribution in [1.82, 2.24) is 15.5 Å². The van der Waals surface area contributed by atoms with Crippen molar-refractivity contribution in [3.63, 3.8) is 0 Å². The molecule has 1 fully saturated rings. The summed E-state index contributed by atoms with van der Waals surface area (Å²) in [7, 11) is 0. The quantitative estimate of drug-likeness (QED) is 0.782. The number of halogens is 3. The Balaban J connectivity index is 1.42. The largest absolute Gasteiger partial charge is 0.416 e. The highest BCUT2D eigenvalue weighted by Crippen LogP contribution is 2.31. The van der Waals surface area contributed by atoms with Gasteiger partial charge in [0.15, 0.2) is 0 Å². The Bertz CT molecular complexity index is 866. The van der Waals surface area contributed by atoms with Crippen LogP contribution >= 0.6 is 0 Å². The summed E-state index contributed by atoms with van der Waals surface area (Å²) < 4.78 is 38.7. The van der Waals surface area contributed by atoms with Crippen LogP contribution < -0.4 is 15.5 Å². The van der Waals surface area contributed by atoms with Gasteiger partial charge >= 0.3 is 12.2 Å². The summed E-state index contributed by atoms with van der Waals surface area (Å²) in [6.07, 6.45) is -4.39. The van der Waals surface area contributed by atoms with E-state index in [0.717, 1.165) is 17.7 Å². The molecular formula is C21H23F3N4O2. The highest BCUT2D eigenvalue weighted by atomic mass is 19.4. The molecule has 2 aromatic carbocycles. The van der Waals surface area contributed by atoms with Crippen molar-refractivity contribution >= 4 is 17.6 Å². The average molecular weight is 420 g/mol. The maximum absolute atomic E-state index is 12.9. The summed E-state index contributed by atoms with van der Waals surface area (Å²) in [6.45, 7) is 1.83. The second-order valence-electron chi connectivity index (χ2n) is 6.94. The van der Waals surface area contributed by atoms with Crippen LogP contribution in [0.25, 0.3) is 0 Å². The summed E-state index contributed by atoms with van der Waals surface area (Å²) >= 11 is 0. The Kier molecular flexibility index (Phi) is 6.81. The lowest BCUT2D eigenvalue weighted by atomic mass is 10.1. The molecule has 1 saturated heterocycles. The van der Waals surface area contributed by atoms with Gasteiger partial charge in [0.25, 0.3) is 0 Å². The van der Waals surface area contributed by atoms with Crippen molar-refractivity contribution in [1.29, 1.82) is 0 Å². The van der Waals surface area contributed by atoms with E-state index in [1.807, 2.05) is 35.2 Å². The summed E-state index contributed by atoms with van der Waals surface area (Å²) in [4.78, 5) is 27.6. The van der Waals surface area contributed by atoms with Crippen LogP contribution in [-0.4, -0.2) is 49.6 Å². The molecular weight excluding hydrogens is 397 g/mol. The minimum Gasteiger partial charge on any atom is -0.368 e. The smallest absolute Gasteiger partial charge is 0.368 e. The molecule has 1 aliphatic heterocycles. The fraction of sp³-hybridized carbons (Fsp3) is 0.333. The van der Waals surface area contributed by atoms with E-state index < -0.39 is 17.8 Å². The average Bonchev–Trinajstić information content (AvgIpc) is 2.76. The topological polar surface area (TPSA) is 64.7 Å². The van der Waals surface area contributed by atoms with E-state index in [4.69, 9.17) is 0 Å². The van der Waals surface area contributed by atoms with Gasteiger partial charge in [0.2, 0.25) is 5.91 Å². The zero-order chi connectivity index (χ0) is 21.6. The van der Waals surface area contributed by atoms with Crippen LogP contribution in [0.5, 0.6) is 0 Å². The van der Waals surface area contributed by atoms with Crippen molar-refractivity contribution in [2.75, 3.05) is 37.6 Å². The Hall–Kier alpha value is -3.23. The van der Waals surface area contributed by atoms with Gasteiger partial charge in [-0.05, 0) is 23.8 Å². The lowest BCUT2D eigenvalue weighted by Gasteiger charge is -2.36. The third-order valence-electron chi connectivity index (χ3n) is 4.87. The highest BCUT2D eigenvalue weighted by molar-refractivity contribution is 5.84. The Labute approximate surface area is 172 Å². The van der Waals surface area contributed by atoms with Gasteiger partial charge in [0.05, 0.1) is 12.1 Å². The van der Waals surface area contributed by atoms with E-state index in [-0.39, 0.29) is 12.5 Å². The van der Waals surface area contributed by atoms with Crippen LogP contribution in [0.3, 0.4) is 0 Å². The van der Waals surface area contributed by atoms with Crippen molar-refractivity contribution in [3.8, 4) is 0 Å². The number of anilines is 1. The molecule has 0 aliphatic carbocycles. The first kappa shape index (κ1) is 21.5. The molecule has 2 N–H and O–H groups in total. The predicted octanol–water partition coefficient (Wildman–Crippen LogP) is 2.85. The number of carbonyl (C=O) groups excluding carboxylic acids is 2. The van der Waals surface area contributed by atoms with Crippen molar-refractivity contribution in [3.05, 3.63) is 65.7 Å². The molecule has 6 nitrogen and oxygen atoms in total. The summed E-state index contributed by atoms with van der Waals surface area (Å²) in [6, 6.07) is 14.1. The molecule has 0 atom stereocenters. The van der Waals surface area contributed by atoms with Crippen LogP contribution in [0, 0.1) is 0 Å². The summed E-state index contributed by atoms with van der Waals surface area (Å²) in [5.74, 6) is -0.228. The summed E-state index contributed by atoms with van der Waals surface area (Å²) in [5, 5.41) is 5.22. The summed E-state index contributed by atoms with van der Waals surface area (Å²) in [5.41, 5.74) is 0.740. The van der Waals surface area contributed by atoms with E-state index in [1.165, 1.54) is 6.07 Å². The number of piperazine rings is 1. The second kappa shape index (κ2) is 9.51. The van der Waals surface area contributed by atoms with Crippen LogP contribution in [0.15, 0.2) is 54.6 Å². The number of nitrogens with zero attached hydrogens (tertiary/aromatic N) is 2. The van der Waals surface area contributed by atoms with Gasteiger partial charge in [-0.25, -0.2) is 4.79 Å². The maximum Gasteiger partial charge on any atom is 0.416 e. The Morgan fingerprint density at radius 1 is 0.900 bits per heavy atom. The van der Waals surface area contributed by atoms with E-state index >= 15 is 0 Å². The molecule has 0 radical (unpaired) electrons. The Morgan fingerprint density at radius 3 is 2.27 bits per heavy atom. The van der Waals surface area contributed by atoms with Crippen LogP contribution in [0.1, 0.15) is 11.1 Å². The maximum atomic E-state index is 12.9. The lowest BCUT2D eigenvalue weighted by molar-refractivity contribution is -0.137. The van der Waals surface area contributed by atoms with Crippen molar-refractivity contribution in [2.45, 2.75) is 12.7 Å². The molecule has 0 aromatic heterocycles. The van der Waals surface area contributed by atoms with Crippen molar-refractivity contribution in [2.24, 2.45) is 0 Å². The normalized spacial score (nSPS) is 14.4. The molecule has 0 unspecified atom stereocenters.